The first-order valence-corrected chi connectivity index (χ1v) is 10.7. The Hall–Kier alpha value is -3.54. The lowest BCUT2D eigenvalue weighted by Gasteiger charge is -2.18. The molecule has 1 unspecified atom stereocenters. The smallest absolute Gasteiger partial charge is 0.291 e. The Morgan fingerprint density at radius 2 is 1.77 bits per heavy atom. The van der Waals surface area contributed by atoms with Crippen LogP contribution < -0.4 is 16.0 Å². The van der Waals surface area contributed by atoms with Crippen LogP contribution in [-0.2, 0) is 13.0 Å². The molecule has 0 saturated carbocycles. The molecule has 1 amide bonds. The Kier molecular flexibility index (Phi) is 8.29. The molecule has 162 valence electrons. The molecule has 1 atom stereocenters. The summed E-state index contributed by atoms with van der Waals surface area (Å²) in [7, 11) is 0. The molecule has 6 nitrogen and oxygen atoms in total. The van der Waals surface area contributed by atoms with Crippen LogP contribution in [0.25, 0.3) is 0 Å². The monoisotopic (exact) mass is 418 g/mol. The van der Waals surface area contributed by atoms with E-state index in [9.17, 15) is 4.79 Å². The summed E-state index contributed by atoms with van der Waals surface area (Å²) < 4.78 is 5.11. The first kappa shape index (κ1) is 22.2. The summed E-state index contributed by atoms with van der Waals surface area (Å²) in [6, 6.07) is 21.8. The van der Waals surface area contributed by atoms with Gasteiger partial charge in [0.15, 0.2) is 11.7 Å². The summed E-state index contributed by atoms with van der Waals surface area (Å²) >= 11 is 0. The molecule has 31 heavy (non-hydrogen) atoms. The zero-order chi connectivity index (χ0) is 21.9. The zero-order valence-electron chi connectivity index (χ0n) is 18.1. The summed E-state index contributed by atoms with van der Waals surface area (Å²) in [5, 5.41) is 9.61. The molecule has 6 heteroatoms. The van der Waals surface area contributed by atoms with Crippen molar-refractivity contribution in [1.29, 1.82) is 0 Å². The van der Waals surface area contributed by atoms with E-state index in [0.717, 1.165) is 30.9 Å². The Morgan fingerprint density at radius 1 is 1.00 bits per heavy atom. The lowest BCUT2D eigenvalue weighted by molar-refractivity contribution is 0.0996. The van der Waals surface area contributed by atoms with Crippen LogP contribution in [0, 0.1) is 0 Å². The lowest BCUT2D eigenvalue weighted by Crippen LogP contribution is -2.42. The van der Waals surface area contributed by atoms with Crippen LogP contribution in [0.5, 0.6) is 0 Å². The number of rotatable bonds is 9. The maximum Gasteiger partial charge on any atom is 0.291 e. The fourth-order valence-corrected chi connectivity index (χ4v) is 3.12. The fourth-order valence-electron chi connectivity index (χ4n) is 3.12. The number of furan rings is 1. The number of hydrogen-bond donors (Lipinski definition) is 3. The summed E-state index contributed by atoms with van der Waals surface area (Å²) in [6.45, 7) is 5.58. The molecule has 3 rings (SSSR count). The van der Waals surface area contributed by atoms with Crippen molar-refractivity contribution in [2.45, 2.75) is 39.3 Å². The van der Waals surface area contributed by atoms with Gasteiger partial charge >= 0.3 is 0 Å². The Labute approximate surface area is 183 Å². The molecule has 2 aromatic carbocycles. The standard InChI is InChI=1S/C25H30N4O2/c1-3-26-25(28-19(2)11-12-20-8-5-4-6-9-20)27-18-21-13-15-22(16-14-21)29-24(30)23-10-7-17-31-23/h4-10,13-17,19H,3,11-12,18H2,1-2H3,(H,29,30)(H2,26,27,28). The molecule has 0 aliphatic carbocycles. The predicted octanol–water partition coefficient (Wildman–Crippen LogP) is 4.61. The maximum absolute atomic E-state index is 12.1. The van der Waals surface area contributed by atoms with Gasteiger partial charge in [-0.25, -0.2) is 4.99 Å². The molecule has 3 N–H and O–H groups in total. The third kappa shape index (κ3) is 7.33. The van der Waals surface area contributed by atoms with Gasteiger partial charge in [-0.05, 0) is 62.1 Å². The van der Waals surface area contributed by atoms with Crippen LogP contribution in [-0.4, -0.2) is 24.5 Å². The number of aryl methyl sites for hydroxylation is 1. The van der Waals surface area contributed by atoms with Crippen molar-refractivity contribution in [3.05, 3.63) is 89.9 Å². The van der Waals surface area contributed by atoms with E-state index >= 15 is 0 Å². The minimum atomic E-state index is -0.265. The van der Waals surface area contributed by atoms with Gasteiger partial charge in [0.05, 0.1) is 12.8 Å². The van der Waals surface area contributed by atoms with Gasteiger partial charge in [-0.3, -0.25) is 4.79 Å². The van der Waals surface area contributed by atoms with Gasteiger partial charge in [0.25, 0.3) is 5.91 Å². The topological polar surface area (TPSA) is 78.7 Å². The van der Waals surface area contributed by atoms with Gasteiger partial charge in [0.1, 0.15) is 0 Å². The maximum atomic E-state index is 12.1. The van der Waals surface area contributed by atoms with Crippen molar-refractivity contribution < 1.29 is 9.21 Å². The number of amides is 1. The van der Waals surface area contributed by atoms with Crippen molar-refractivity contribution >= 4 is 17.6 Å². The lowest BCUT2D eigenvalue weighted by atomic mass is 10.1. The van der Waals surface area contributed by atoms with Gasteiger partial charge in [0, 0.05) is 18.3 Å². The van der Waals surface area contributed by atoms with Gasteiger partial charge in [-0.15, -0.1) is 0 Å². The Balaban J connectivity index is 1.51. The highest BCUT2D eigenvalue weighted by Gasteiger charge is 2.09. The summed E-state index contributed by atoms with van der Waals surface area (Å²) in [5.41, 5.74) is 3.12. The normalized spacial score (nSPS) is 12.3. The van der Waals surface area contributed by atoms with Gasteiger partial charge < -0.3 is 20.4 Å². The first-order valence-electron chi connectivity index (χ1n) is 10.7. The zero-order valence-corrected chi connectivity index (χ0v) is 18.1. The summed E-state index contributed by atoms with van der Waals surface area (Å²) in [5.74, 6) is 0.827. The summed E-state index contributed by atoms with van der Waals surface area (Å²) in [4.78, 5) is 16.8. The highest BCUT2D eigenvalue weighted by Crippen LogP contribution is 2.12. The number of nitrogens with zero attached hydrogens (tertiary/aromatic N) is 1. The van der Waals surface area contributed by atoms with Crippen molar-refractivity contribution in [3.63, 3.8) is 0 Å². The number of carbonyl (C=O) groups is 1. The number of aliphatic imine (C=N–C) groups is 1. The fraction of sp³-hybridized carbons (Fsp3) is 0.280. The Bertz CT molecular complexity index is 951. The first-order chi connectivity index (χ1) is 15.1. The third-order valence-electron chi connectivity index (χ3n) is 4.81. The third-order valence-corrected chi connectivity index (χ3v) is 4.81. The van der Waals surface area contributed by atoms with E-state index in [4.69, 9.17) is 9.41 Å². The second-order valence-corrected chi connectivity index (χ2v) is 7.39. The molecule has 1 aromatic heterocycles. The average Bonchev–Trinajstić information content (AvgIpc) is 3.33. The van der Waals surface area contributed by atoms with E-state index in [1.807, 2.05) is 30.3 Å². The van der Waals surface area contributed by atoms with E-state index in [1.54, 1.807) is 12.1 Å². The van der Waals surface area contributed by atoms with E-state index in [1.165, 1.54) is 11.8 Å². The van der Waals surface area contributed by atoms with E-state index in [-0.39, 0.29) is 11.7 Å². The average molecular weight is 419 g/mol. The summed E-state index contributed by atoms with van der Waals surface area (Å²) in [6.07, 6.45) is 3.53. The van der Waals surface area contributed by atoms with E-state index in [0.29, 0.717) is 18.3 Å². The molecule has 0 fully saturated rings. The largest absolute Gasteiger partial charge is 0.459 e. The number of carbonyl (C=O) groups excluding carboxylic acids is 1. The van der Waals surface area contributed by atoms with Gasteiger partial charge in [-0.2, -0.15) is 0 Å². The van der Waals surface area contributed by atoms with Crippen LogP contribution in [0.15, 0.2) is 82.4 Å². The molecular formula is C25H30N4O2. The van der Waals surface area contributed by atoms with Crippen LogP contribution in [0.4, 0.5) is 5.69 Å². The molecule has 1 heterocycles. The highest BCUT2D eigenvalue weighted by atomic mass is 16.3. The van der Waals surface area contributed by atoms with E-state index < -0.39 is 0 Å². The molecule has 0 bridgehead atoms. The van der Waals surface area contributed by atoms with Crippen LogP contribution in [0.1, 0.15) is 41.9 Å². The van der Waals surface area contributed by atoms with Crippen molar-refractivity contribution in [2.75, 3.05) is 11.9 Å². The van der Waals surface area contributed by atoms with Crippen molar-refractivity contribution in [2.24, 2.45) is 4.99 Å². The number of guanidine groups is 1. The van der Waals surface area contributed by atoms with E-state index in [2.05, 4.69) is 54.1 Å². The molecule has 0 spiro atoms. The van der Waals surface area contributed by atoms with Gasteiger partial charge in [0.2, 0.25) is 0 Å². The molecule has 0 radical (unpaired) electrons. The highest BCUT2D eigenvalue weighted by molar-refractivity contribution is 6.02. The molecular weight excluding hydrogens is 388 g/mol. The van der Waals surface area contributed by atoms with Crippen LogP contribution in [0.3, 0.4) is 0 Å². The molecule has 0 aliphatic heterocycles. The molecule has 0 saturated heterocycles. The SMILES string of the molecule is CCNC(=NCc1ccc(NC(=O)c2ccco2)cc1)NC(C)CCc1ccccc1. The van der Waals surface area contributed by atoms with Crippen molar-refractivity contribution in [1.82, 2.24) is 10.6 Å². The second-order valence-electron chi connectivity index (χ2n) is 7.39. The van der Waals surface area contributed by atoms with Crippen LogP contribution in [0.2, 0.25) is 0 Å². The number of nitrogens with one attached hydrogen (secondary N) is 3. The van der Waals surface area contributed by atoms with Crippen LogP contribution >= 0.6 is 0 Å². The second kappa shape index (κ2) is 11.6. The minimum absolute atomic E-state index is 0.265. The number of anilines is 1. The minimum Gasteiger partial charge on any atom is -0.459 e. The molecule has 3 aromatic rings. The molecule has 0 aliphatic rings. The Morgan fingerprint density at radius 3 is 2.45 bits per heavy atom. The number of hydrogen-bond acceptors (Lipinski definition) is 3. The quantitative estimate of drug-likeness (QED) is 0.350. The number of benzene rings is 2. The van der Waals surface area contributed by atoms with Crippen molar-refractivity contribution in [3.8, 4) is 0 Å². The van der Waals surface area contributed by atoms with Gasteiger partial charge in [-0.1, -0.05) is 42.5 Å². The predicted molar refractivity (Wildman–Crippen MR) is 125 cm³/mol.